The zero-order valence-electron chi connectivity index (χ0n) is 14.1. The SMILES string of the molecule is N#CCC[C@@]12CCCC[C@@H]1N(Cc1ccccc1)c1ccccc12. The van der Waals surface area contributed by atoms with Crippen LogP contribution >= 0.6 is 0 Å². The predicted molar refractivity (Wildman–Crippen MR) is 97.8 cm³/mol. The van der Waals surface area contributed by atoms with E-state index in [0.717, 1.165) is 13.0 Å². The number of anilines is 1. The van der Waals surface area contributed by atoms with Crippen molar-refractivity contribution < 1.29 is 0 Å². The Morgan fingerprint density at radius 2 is 1.83 bits per heavy atom. The van der Waals surface area contributed by atoms with Gasteiger partial charge in [-0.25, -0.2) is 0 Å². The lowest BCUT2D eigenvalue weighted by molar-refractivity contribution is 0.242. The molecule has 4 rings (SSSR count). The van der Waals surface area contributed by atoms with Crippen LogP contribution in [0.1, 0.15) is 49.7 Å². The number of nitriles is 1. The van der Waals surface area contributed by atoms with Gasteiger partial charge < -0.3 is 4.90 Å². The van der Waals surface area contributed by atoms with Gasteiger partial charge in [0, 0.05) is 30.1 Å². The van der Waals surface area contributed by atoms with Gasteiger partial charge in [0.2, 0.25) is 0 Å². The van der Waals surface area contributed by atoms with Crippen molar-refractivity contribution in [2.45, 2.75) is 56.5 Å². The molecule has 1 saturated carbocycles. The smallest absolute Gasteiger partial charge is 0.0622 e. The number of nitrogens with zero attached hydrogens (tertiary/aromatic N) is 2. The van der Waals surface area contributed by atoms with Crippen LogP contribution in [0.15, 0.2) is 54.6 Å². The molecule has 2 heteroatoms. The third kappa shape index (κ3) is 2.40. The third-order valence-electron chi connectivity index (χ3n) is 5.99. The second-order valence-electron chi connectivity index (χ2n) is 7.21. The molecule has 0 amide bonds. The van der Waals surface area contributed by atoms with Crippen molar-refractivity contribution in [1.82, 2.24) is 0 Å². The normalized spacial score (nSPS) is 25.0. The van der Waals surface area contributed by atoms with Gasteiger partial charge in [0.05, 0.1) is 6.07 Å². The first-order valence-electron chi connectivity index (χ1n) is 9.12. The molecule has 1 aliphatic carbocycles. The van der Waals surface area contributed by atoms with Gasteiger partial charge in [-0.15, -0.1) is 0 Å². The Balaban J connectivity index is 1.76. The molecule has 122 valence electrons. The molecule has 2 aliphatic rings. The highest BCUT2D eigenvalue weighted by Crippen LogP contribution is 2.54. The predicted octanol–water partition coefficient (Wildman–Crippen LogP) is 5.19. The lowest BCUT2D eigenvalue weighted by Gasteiger charge is -2.43. The molecule has 1 heterocycles. The van der Waals surface area contributed by atoms with Gasteiger partial charge in [-0.1, -0.05) is 61.4 Å². The fourth-order valence-electron chi connectivity index (χ4n) is 4.98. The molecule has 0 spiro atoms. The highest BCUT2D eigenvalue weighted by atomic mass is 15.2. The van der Waals surface area contributed by atoms with Crippen LogP contribution in [0.2, 0.25) is 0 Å². The number of fused-ring (bicyclic) bond motifs is 3. The number of benzene rings is 2. The Morgan fingerprint density at radius 3 is 2.67 bits per heavy atom. The molecule has 0 N–H and O–H groups in total. The van der Waals surface area contributed by atoms with Crippen molar-refractivity contribution >= 4 is 5.69 Å². The number of para-hydroxylation sites is 1. The molecule has 1 aliphatic heterocycles. The third-order valence-corrected chi connectivity index (χ3v) is 5.99. The summed E-state index contributed by atoms with van der Waals surface area (Å²) >= 11 is 0. The summed E-state index contributed by atoms with van der Waals surface area (Å²) in [5, 5.41) is 9.20. The van der Waals surface area contributed by atoms with Crippen molar-refractivity contribution in [1.29, 1.82) is 5.26 Å². The fraction of sp³-hybridized carbons (Fsp3) is 0.409. The van der Waals surface area contributed by atoms with E-state index in [1.54, 1.807) is 0 Å². The van der Waals surface area contributed by atoms with Gasteiger partial charge in [-0.05, 0) is 36.5 Å². The molecule has 0 saturated heterocycles. The first-order chi connectivity index (χ1) is 11.8. The second-order valence-corrected chi connectivity index (χ2v) is 7.21. The van der Waals surface area contributed by atoms with Gasteiger partial charge in [-0.3, -0.25) is 0 Å². The van der Waals surface area contributed by atoms with Crippen molar-refractivity contribution in [3.8, 4) is 6.07 Å². The van der Waals surface area contributed by atoms with Gasteiger partial charge in [0.25, 0.3) is 0 Å². The Bertz CT molecular complexity index is 746. The van der Waals surface area contributed by atoms with Crippen LogP contribution < -0.4 is 4.90 Å². The van der Waals surface area contributed by atoms with Crippen LogP contribution in [0, 0.1) is 11.3 Å². The standard InChI is InChI=1S/C22H24N2/c23-16-8-15-22-14-7-6-13-21(22)24(17-18-9-2-1-3-10-18)20-12-5-4-11-19(20)22/h1-5,9-12,21H,6-8,13-15,17H2/t21-,22+/m0/s1. The topological polar surface area (TPSA) is 27.0 Å². The summed E-state index contributed by atoms with van der Waals surface area (Å²) in [6.07, 6.45) is 6.71. The first kappa shape index (κ1) is 15.3. The van der Waals surface area contributed by atoms with E-state index in [0.29, 0.717) is 12.5 Å². The fourth-order valence-corrected chi connectivity index (χ4v) is 4.98. The molecular formula is C22H24N2. The van der Waals surface area contributed by atoms with Crippen LogP contribution in [0.5, 0.6) is 0 Å². The van der Waals surface area contributed by atoms with Crippen molar-refractivity contribution in [2.24, 2.45) is 0 Å². The molecule has 2 aromatic rings. The Kier molecular flexibility index (Phi) is 4.02. The number of hydrogen-bond donors (Lipinski definition) is 0. The average molecular weight is 316 g/mol. The lowest BCUT2D eigenvalue weighted by atomic mass is 9.65. The van der Waals surface area contributed by atoms with E-state index in [4.69, 9.17) is 0 Å². The zero-order chi connectivity index (χ0) is 16.4. The highest BCUT2D eigenvalue weighted by molar-refractivity contribution is 5.65. The largest absolute Gasteiger partial charge is 0.363 e. The number of rotatable bonds is 4. The molecule has 2 nitrogen and oxygen atoms in total. The van der Waals surface area contributed by atoms with E-state index >= 15 is 0 Å². The second kappa shape index (κ2) is 6.32. The van der Waals surface area contributed by atoms with Crippen LogP contribution in [-0.2, 0) is 12.0 Å². The maximum Gasteiger partial charge on any atom is 0.0622 e. The minimum absolute atomic E-state index is 0.180. The van der Waals surface area contributed by atoms with E-state index < -0.39 is 0 Å². The minimum atomic E-state index is 0.180. The Labute approximate surface area is 144 Å². The van der Waals surface area contributed by atoms with E-state index in [-0.39, 0.29) is 5.41 Å². The first-order valence-corrected chi connectivity index (χ1v) is 9.12. The van der Waals surface area contributed by atoms with Gasteiger partial charge in [0.15, 0.2) is 0 Å². The van der Waals surface area contributed by atoms with Gasteiger partial charge >= 0.3 is 0 Å². The van der Waals surface area contributed by atoms with Gasteiger partial charge in [0.1, 0.15) is 0 Å². The maximum absolute atomic E-state index is 9.20. The van der Waals surface area contributed by atoms with Crippen molar-refractivity contribution in [2.75, 3.05) is 4.90 Å². The summed E-state index contributed by atoms with van der Waals surface area (Å²) < 4.78 is 0. The molecular weight excluding hydrogens is 292 g/mol. The summed E-state index contributed by atoms with van der Waals surface area (Å²) in [5.74, 6) is 0. The van der Waals surface area contributed by atoms with Crippen LogP contribution in [0.4, 0.5) is 5.69 Å². The molecule has 2 atom stereocenters. The summed E-state index contributed by atoms with van der Waals surface area (Å²) in [6.45, 7) is 0.969. The summed E-state index contributed by atoms with van der Waals surface area (Å²) in [7, 11) is 0. The van der Waals surface area contributed by atoms with Crippen molar-refractivity contribution in [3.63, 3.8) is 0 Å². The van der Waals surface area contributed by atoms with E-state index in [2.05, 4.69) is 65.6 Å². The van der Waals surface area contributed by atoms with E-state index in [1.165, 1.54) is 42.5 Å². The van der Waals surface area contributed by atoms with E-state index in [9.17, 15) is 5.26 Å². The summed E-state index contributed by atoms with van der Waals surface area (Å²) in [6, 6.07) is 22.6. The number of hydrogen-bond acceptors (Lipinski definition) is 2. The molecule has 0 bridgehead atoms. The molecule has 0 unspecified atom stereocenters. The average Bonchev–Trinajstić information content (AvgIpc) is 2.92. The highest BCUT2D eigenvalue weighted by Gasteiger charge is 2.50. The van der Waals surface area contributed by atoms with Crippen LogP contribution in [0.25, 0.3) is 0 Å². The summed E-state index contributed by atoms with van der Waals surface area (Å²) in [4.78, 5) is 2.63. The minimum Gasteiger partial charge on any atom is -0.363 e. The summed E-state index contributed by atoms with van der Waals surface area (Å²) in [5.41, 5.74) is 4.43. The molecule has 24 heavy (non-hydrogen) atoms. The Hall–Kier alpha value is -2.27. The molecule has 1 fully saturated rings. The molecule has 0 aromatic heterocycles. The maximum atomic E-state index is 9.20. The Morgan fingerprint density at radius 1 is 1.04 bits per heavy atom. The van der Waals surface area contributed by atoms with Crippen LogP contribution in [0.3, 0.4) is 0 Å². The van der Waals surface area contributed by atoms with Crippen molar-refractivity contribution in [3.05, 3.63) is 65.7 Å². The lowest BCUT2D eigenvalue weighted by Crippen LogP contribution is -2.46. The molecule has 0 radical (unpaired) electrons. The van der Waals surface area contributed by atoms with Crippen LogP contribution in [-0.4, -0.2) is 6.04 Å². The molecule has 2 aromatic carbocycles. The quantitative estimate of drug-likeness (QED) is 0.776. The monoisotopic (exact) mass is 316 g/mol. The zero-order valence-corrected chi connectivity index (χ0v) is 14.1. The van der Waals surface area contributed by atoms with Gasteiger partial charge in [-0.2, -0.15) is 5.26 Å². The van der Waals surface area contributed by atoms with E-state index in [1.807, 2.05) is 0 Å².